The monoisotopic (exact) mass is 281 g/mol. The van der Waals surface area contributed by atoms with Crippen LogP contribution < -0.4 is 10.6 Å². The number of hydrogen-bond donors (Lipinski definition) is 2. The lowest BCUT2D eigenvalue weighted by Gasteiger charge is -2.33. The molecule has 1 aromatic rings. The summed E-state index contributed by atoms with van der Waals surface area (Å²) in [5.41, 5.74) is 1.43. The smallest absolute Gasteiger partial charge is 0.190 e. The Labute approximate surface area is 121 Å². The second-order valence-corrected chi connectivity index (χ2v) is 5.11. The van der Waals surface area contributed by atoms with Gasteiger partial charge in [-0.1, -0.05) is 37.6 Å². The molecule has 0 radical (unpaired) electrons. The minimum atomic E-state index is 0.109. The van der Waals surface area contributed by atoms with Gasteiger partial charge >= 0.3 is 0 Å². The number of nitrogens with one attached hydrogen (secondary N) is 2. The first-order valence-corrected chi connectivity index (χ1v) is 7.14. The number of aliphatic imine (C=N–C) groups is 1. The minimum Gasteiger partial charge on any atom is -0.359 e. The van der Waals surface area contributed by atoms with E-state index in [0.29, 0.717) is 0 Å². The molecule has 0 fully saturated rings. The lowest BCUT2D eigenvalue weighted by atomic mass is 9.76. The van der Waals surface area contributed by atoms with E-state index in [1.54, 1.807) is 7.05 Å². The zero-order valence-electron chi connectivity index (χ0n) is 12.3. The molecule has 0 aliphatic rings. The molecule has 4 heteroatoms. The Morgan fingerprint density at radius 2 is 1.79 bits per heavy atom. The number of hydrogen-bond acceptors (Lipinski definition) is 1. The van der Waals surface area contributed by atoms with Crippen molar-refractivity contribution >= 4 is 17.6 Å². The highest BCUT2D eigenvalue weighted by Gasteiger charge is 2.28. The maximum Gasteiger partial charge on any atom is 0.190 e. The zero-order valence-corrected chi connectivity index (χ0v) is 13.0. The Balaban J connectivity index is 2.93. The van der Waals surface area contributed by atoms with Crippen molar-refractivity contribution in [3.05, 3.63) is 34.9 Å². The van der Waals surface area contributed by atoms with Gasteiger partial charge in [-0.2, -0.15) is 0 Å². The van der Waals surface area contributed by atoms with E-state index in [4.69, 9.17) is 11.6 Å². The topological polar surface area (TPSA) is 36.4 Å². The Morgan fingerprint density at radius 3 is 2.21 bits per heavy atom. The molecule has 19 heavy (non-hydrogen) atoms. The molecule has 0 aliphatic carbocycles. The van der Waals surface area contributed by atoms with Crippen LogP contribution in [0.4, 0.5) is 0 Å². The van der Waals surface area contributed by atoms with Crippen molar-refractivity contribution in [2.45, 2.75) is 32.1 Å². The average molecular weight is 282 g/mol. The van der Waals surface area contributed by atoms with Crippen molar-refractivity contribution in [3.8, 4) is 0 Å². The average Bonchev–Trinajstić information content (AvgIpc) is 2.46. The Morgan fingerprint density at radius 1 is 1.21 bits per heavy atom. The number of guanidine groups is 1. The molecule has 2 N–H and O–H groups in total. The Hall–Kier alpha value is -1.22. The van der Waals surface area contributed by atoms with E-state index in [0.717, 1.165) is 30.4 Å². The largest absolute Gasteiger partial charge is 0.359 e. The molecule has 106 valence electrons. The molecule has 0 spiro atoms. The standard InChI is InChI=1S/C15H24ClN3/c1-5-15(6-2,11-19-14(17-3)18-4)12-7-9-13(16)10-8-12/h7-10H,5-6,11H2,1-4H3,(H2,17,18,19). The lowest BCUT2D eigenvalue weighted by Crippen LogP contribution is -2.44. The third kappa shape index (κ3) is 3.87. The van der Waals surface area contributed by atoms with Crippen LogP contribution in [0.25, 0.3) is 0 Å². The van der Waals surface area contributed by atoms with Gasteiger partial charge in [-0.3, -0.25) is 4.99 Å². The van der Waals surface area contributed by atoms with E-state index in [-0.39, 0.29) is 5.41 Å². The van der Waals surface area contributed by atoms with Crippen molar-refractivity contribution in [1.82, 2.24) is 10.6 Å². The quantitative estimate of drug-likeness (QED) is 0.642. The molecule has 1 aromatic carbocycles. The summed E-state index contributed by atoms with van der Waals surface area (Å²) >= 11 is 5.98. The van der Waals surface area contributed by atoms with Gasteiger partial charge < -0.3 is 10.6 Å². The molecule has 0 saturated heterocycles. The fourth-order valence-corrected chi connectivity index (χ4v) is 2.47. The molecule has 1 rings (SSSR count). The van der Waals surface area contributed by atoms with Crippen molar-refractivity contribution in [1.29, 1.82) is 0 Å². The van der Waals surface area contributed by atoms with Crippen molar-refractivity contribution < 1.29 is 0 Å². The third-order valence-corrected chi connectivity index (χ3v) is 4.12. The minimum absolute atomic E-state index is 0.109. The molecule has 0 amide bonds. The molecule has 0 unspecified atom stereocenters. The number of rotatable bonds is 5. The van der Waals surface area contributed by atoms with Crippen LogP contribution in [0.2, 0.25) is 5.02 Å². The third-order valence-electron chi connectivity index (χ3n) is 3.86. The first-order chi connectivity index (χ1) is 9.11. The number of halogens is 1. The molecule has 0 atom stereocenters. The van der Waals surface area contributed by atoms with Gasteiger partial charge in [0, 0.05) is 31.1 Å². The molecular weight excluding hydrogens is 258 g/mol. The van der Waals surface area contributed by atoms with Crippen molar-refractivity contribution in [2.75, 3.05) is 20.6 Å². The fourth-order valence-electron chi connectivity index (χ4n) is 2.35. The van der Waals surface area contributed by atoms with E-state index < -0.39 is 0 Å². The highest BCUT2D eigenvalue weighted by atomic mass is 35.5. The van der Waals surface area contributed by atoms with Crippen LogP contribution >= 0.6 is 11.6 Å². The van der Waals surface area contributed by atoms with E-state index >= 15 is 0 Å². The summed E-state index contributed by atoms with van der Waals surface area (Å²) in [7, 11) is 3.65. The van der Waals surface area contributed by atoms with Crippen LogP contribution in [0.1, 0.15) is 32.3 Å². The van der Waals surface area contributed by atoms with Crippen LogP contribution in [0.5, 0.6) is 0 Å². The predicted molar refractivity (Wildman–Crippen MR) is 84.1 cm³/mol. The van der Waals surface area contributed by atoms with Crippen molar-refractivity contribution in [2.24, 2.45) is 4.99 Å². The molecule has 3 nitrogen and oxygen atoms in total. The fraction of sp³-hybridized carbons (Fsp3) is 0.533. The molecular formula is C15H24ClN3. The SMILES string of the molecule is CCC(CC)(CNC(=NC)NC)c1ccc(Cl)cc1. The van der Waals surface area contributed by atoms with Gasteiger partial charge in [-0.05, 0) is 30.5 Å². The first kappa shape index (κ1) is 15.8. The highest BCUT2D eigenvalue weighted by molar-refractivity contribution is 6.30. The van der Waals surface area contributed by atoms with E-state index in [2.05, 4.69) is 41.6 Å². The van der Waals surface area contributed by atoms with Gasteiger partial charge in [0.05, 0.1) is 0 Å². The van der Waals surface area contributed by atoms with Crippen LogP contribution in [-0.2, 0) is 5.41 Å². The second-order valence-electron chi connectivity index (χ2n) is 4.67. The molecule has 0 heterocycles. The summed E-state index contributed by atoms with van der Waals surface area (Å²) in [6, 6.07) is 8.17. The summed E-state index contributed by atoms with van der Waals surface area (Å²) in [5.74, 6) is 0.820. The normalized spacial score (nSPS) is 12.4. The van der Waals surface area contributed by atoms with Crippen LogP contribution in [0, 0.1) is 0 Å². The Bertz CT molecular complexity index is 408. The summed E-state index contributed by atoms with van der Waals surface area (Å²) in [4.78, 5) is 4.16. The summed E-state index contributed by atoms with van der Waals surface area (Å²) in [6.07, 6.45) is 2.14. The number of nitrogens with zero attached hydrogens (tertiary/aromatic N) is 1. The Kier molecular flexibility index (Phi) is 6.16. The maximum absolute atomic E-state index is 5.98. The second kappa shape index (κ2) is 7.39. The van der Waals surface area contributed by atoms with E-state index in [9.17, 15) is 0 Å². The number of benzene rings is 1. The summed E-state index contributed by atoms with van der Waals surface area (Å²) in [6.45, 7) is 5.30. The maximum atomic E-state index is 5.98. The molecule has 0 aromatic heterocycles. The molecule has 0 aliphatic heterocycles. The van der Waals surface area contributed by atoms with Gasteiger partial charge in [0.2, 0.25) is 0 Å². The highest BCUT2D eigenvalue weighted by Crippen LogP contribution is 2.31. The first-order valence-electron chi connectivity index (χ1n) is 6.76. The van der Waals surface area contributed by atoms with E-state index in [1.807, 2.05) is 19.2 Å². The lowest BCUT2D eigenvalue weighted by molar-refractivity contribution is 0.390. The summed E-state index contributed by atoms with van der Waals surface area (Å²) < 4.78 is 0. The van der Waals surface area contributed by atoms with Gasteiger partial charge in [-0.15, -0.1) is 0 Å². The molecule has 0 bridgehead atoms. The van der Waals surface area contributed by atoms with Gasteiger partial charge in [0.25, 0.3) is 0 Å². The summed E-state index contributed by atoms with van der Waals surface area (Å²) in [5, 5.41) is 7.21. The zero-order chi connectivity index (χ0) is 14.3. The van der Waals surface area contributed by atoms with Crippen LogP contribution in [0.3, 0.4) is 0 Å². The van der Waals surface area contributed by atoms with Gasteiger partial charge in [-0.25, -0.2) is 0 Å². The van der Waals surface area contributed by atoms with Crippen LogP contribution in [-0.4, -0.2) is 26.6 Å². The van der Waals surface area contributed by atoms with Gasteiger partial charge in [0.1, 0.15) is 0 Å². The predicted octanol–water partition coefficient (Wildman–Crippen LogP) is 3.19. The molecule has 0 saturated carbocycles. The van der Waals surface area contributed by atoms with Crippen molar-refractivity contribution in [3.63, 3.8) is 0 Å². The van der Waals surface area contributed by atoms with Crippen LogP contribution in [0.15, 0.2) is 29.3 Å². The van der Waals surface area contributed by atoms with E-state index in [1.165, 1.54) is 5.56 Å². The van der Waals surface area contributed by atoms with Gasteiger partial charge in [0.15, 0.2) is 5.96 Å².